The molecule has 0 aliphatic rings. The summed E-state index contributed by atoms with van der Waals surface area (Å²) in [5.74, 6) is -0.955. The Balaban J connectivity index is 2.37. The molecule has 112 valence electrons. The number of pyridine rings is 1. The summed E-state index contributed by atoms with van der Waals surface area (Å²) in [4.78, 5) is 28.0. The van der Waals surface area contributed by atoms with Crippen molar-refractivity contribution in [2.75, 3.05) is 5.32 Å². The first kappa shape index (κ1) is 15.0. The van der Waals surface area contributed by atoms with Crippen LogP contribution in [0.5, 0.6) is 0 Å². The molecule has 7 heteroatoms. The van der Waals surface area contributed by atoms with Crippen LogP contribution in [0.25, 0.3) is 0 Å². The van der Waals surface area contributed by atoms with Crippen molar-refractivity contribution in [1.82, 2.24) is 14.3 Å². The van der Waals surface area contributed by atoms with Gasteiger partial charge in [0.1, 0.15) is 5.56 Å². The van der Waals surface area contributed by atoms with Crippen molar-refractivity contribution in [3.63, 3.8) is 0 Å². The maximum Gasteiger partial charge on any atom is 0.263 e. The van der Waals surface area contributed by atoms with E-state index in [0.29, 0.717) is 0 Å². The van der Waals surface area contributed by atoms with Gasteiger partial charge in [0.05, 0.1) is 12.4 Å². The van der Waals surface area contributed by atoms with E-state index in [1.807, 2.05) is 20.8 Å². The number of aromatic nitrogens is 3. The van der Waals surface area contributed by atoms with Crippen molar-refractivity contribution >= 4 is 11.9 Å². The third-order valence-electron chi connectivity index (χ3n) is 3.07. The van der Waals surface area contributed by atoms with Gasteiger partial charge < -0.3 is 4.57 Å². The average Bonchev–Trinajstić information content (AvgIpc) is 2.76. The summed E-state index contributed by atoms with van der Waals surface area (Å²) in [6.45, 7) is 5.92. The van der Waals surface area contributed by atoms with Crippen LogP contribution in [-0.2, 0) is 12.5 Å². The second-order valence-corrected chi connectivity index (χ2v) is 5.81. The number of anilines is 1. The molecule has 0 fully saturated rings. The van der Waals surface area contributed by atoms with Crippen molar-refractivity contribution in [3.8, 4) is 0 Å². The predicted octanol–water partition coefficient (Wildman–Crippen LogP) is 1.86. The minimum atomic E-state index is -0.693. The molecule has 2 aromatic heterocycles. The molecule has 0 saturated carbocycles. The van der Waals surface area contributed by atoms with Gasteiger partial charge in [0, 0.05) is 30.4 Å². The molecule has 21 heavy (non-hydrogen) atoms. The molecule has 0 aromatic carbocycles. The molecule has 0 aliphatic carbocycles. The number of nitrogens with zero attached hydrogens (tertiary/aromatic N) is 3. The van der Waals surface area contributed by atoms with Gasteiger partial charge in [-0.05, 0) is 0 Å². The highest BCUT2D eigenvalue weighted by atomic mass is 19.2. The van der Waals surface area contributed by atoms with Crippen LogP contribution in [0.3, 0.4) is 0 Å². The van der Waals surface area contributed by atoms with Gasteiger partial charge in [-0.2, -0.15) is 4.79 Å². The number of imidazole rings is 1. The smallest absolute Gasteiger partial charge is 0.263 e. The van der Waals surface area contributed by atoms with Gasteiger partial charge in [-0.25, -0.2) is 4.98 Å². The molecule has 1 amide bonds. The van der Waals surface area contributed by atoms with Crippen LogP contribution in [0.4, 0.5) is 10.4 Å². The highest BCUT2D eigenvalue weighted by molar-refractivity contribution is 6.03. The molecule has 0 bridgehead atoms. The normalized spacial score (nSPS) is 11.5. The lowest BCUT2D eigenvalue weighted by molar-refractivity contribution is 0.102. The fourth-order valence-corrected chi connectivity index (χ4v) is 2.09. The first-order valence-electron chi connectivity index (χ1n) is 6.42. The fraction of sp³-hybridized carbons (Fsp3) is 0.357. The first-order valence-corrected chi connectivity index (χ1v) is 6.42. The Kier molecular flexibility index (Phi) is 3.67. The molecule has 2 heterocycles. The van der Waals surface area contributed by atoms with Crippen LogP contribution in [0.15, 0.2) is 29.5 Å². The van der Waals surface area contributed by atoms with E-state index < -0.39 is 11.3 Å². The molecular weight excluding hydrogens is 275 g/mol. The van der Waals surface area contributed by atoms with Crippen LogP contribution in [0.2, 0.25) is 0 Å². The van der Waals surface area contributed by atoms with E-state index in [4.69, 9.17) is 0 Å². The van der Waals surface area contributed by atoms with Gasteiger partial charge in [-0.1, -0.05) is 25.3 Å². The maximum atomic E-state index is 13.2. The Bertz CT molecular complexity index is 740. The van der Waals surface area contributed by atoms with Gasteiger partial charge in [0.2, 0.25) is 5.95 Å². The third kappa shape index (κ3) is 3.01. The molecule has 0 saturated heterocycles. The van der Waals surface area contributed by atoms with Crippen molar-refractivity contribution in [2.24, 2.45) is 7.05 Å². The number of hydrogen-bond acceptors (Lipinski definition) is 3. The van der Waals surface area contributed by atoms with E-state index in [0.717, 1.165) is 11.9 Å². The zero-order valence-corrected chi connectivity index (χ0v) is 12.3. The lowest BCUT2D eigenvalue weighted by Gasteiger charge is -2.22. The summed E-state index contributed by atoms with van der Waals surface area (Å²) in [7, 11) is 1.76. The van der Waals surface area contributed by atoms with E-state index in [1.165, 1.54) is 18.5 Å². The van der Waals surface area contributed by atoms with Gasteiger partial charge >= 0.3 is 0 Å². The van der Waals surface area contributed by atoms with Crippen LogP contribution >= 0.6 is 0 Å². The molecule has 2 aromatic rings. The predicted molar refractivity (Wildman–Crippen MR) is 77.1 cm³/mol. The van der Waals surface area contributed by atoms with Gasteiger partial charge in [0.25, 0.3) is 5.91 Å². The molecule has 1 N–H and O–H groups in total. The molecule has 0 radical (unpaired) electrons. The molecule has 2 rings (SSSR count). The summed E-state index contributed by atoms with van der Waals surface area (Å²) < 4.78 is 14.9. The summed E-state index contributed by atoms with van der Waals surface area (Å²) in [6.07, 6.45) is 3.70. The SMILES string of the molecule is Cn1cc(C(=O)Nc2nccn2F)c(=O)cc1C(C)(C)C. The van der Waals surface area contributed by atoms with E-state index in [9.17, 15) is 14.1 Å². The molecule has 0 atom stereocenters. The number of carbonyl (C=O) groups excluding carboxylic acids is 1. The lowest BCUT2D eigenvalue weighted by atomic mass is 9.91. The highest BCUT2D eigenvalue weighted by Crippen LogP contribution is 2.20. The van der Waals surface area contributed by atoms with Crippen LogP contribution in [0.1, 0.15) is 36.8 Å². The van der Waals surface area contributed by atoms with E-state index in [-0.39, 0.29) is 21.7 Å². The van der Waals surface area contributed by atoms with E-state index >= 15 is 0 Å². The number of amides is 1. The Morgan fingerprint density at radius 1 is 1.38 bits per heavy atom. The van der Waals surface area contributed by atoms with E-state index in [1.54, 1.807) is 11.6 Å². The van der Waals surface area contributed by atoms with Crippen molar-refractivity contribution in [3.05, 3.63) is 46.1 Å². The Morgan fingerprint density at radius 3 is 2.57 bits per heavy atom. The Morgan fingerprint density at radius 2 is 2.05 bits per heavy atom. The maximum absolute atomic E-state index is 13.2. The first-order chi connectivity index (χ1) is 9.70. The van der Waals surface area contributed by atoms with Gasteiger partial charge in [-0.15, -0.1) is 0 Å². The van der Waals surface area contributed by atoms with Crippen molar-refractivity contribution in [2.45, 2.75) is 26.2 Å². The number of rotatable bonds is 2. The summed E-state index contributed by atoms with van der Waals surface area (Å²) in [5.41, 5.74) is 0.106. The quantitative estimate of drug-likeness (QED) is 0.918. The number of aryl methyl sites for hydroxylation is 1. The van der Waals surface area contributed by atoms with Gasteiger partial charge in [-0.3, -0.25) is 14.9 Å². The van der Waals surface area contributed by atoms with Crippen LogP contribution in [-0.4, -0.2) is 20.2 Å². The van der Waals surface area contributed by atoms with Crippen LogP contribution in [0, 0.1) is 0 Å². The fourth-order valence-electron chi connectivity index (χ4n) is 2.09. The van der Waals surface area contributed by atoms with E-state index in [2.05, 4.69) is 10.3 Å². The molecule has 6 nitrogen and oxygen atoms in total. The monoisotopic (exact) mass is 292 g/mol. The Labute approximate surface area is 121 Å². The number of hydrogen-bond donors (Lipinski definition) is 1. The minimum Gasteiger partial charge on any atom is -0.353 e. The summed E-state index contributed by atoms with van der Waals surface area (Å²) in [5, 5.41) is 2.26. The molecule has 0 unspecified atom stereocenters. The average molecular weight is 292 g/mol. The van der Waals surface area contributed by atoms with Crippen molar-refractivity contribution in [1.29, 1.82) is 0 Å². The second kappa shape index (κ2) is 5.16. The number of carbonyl (C=O) groups is 1. The van der Waals surface area contributed by atoms with Crippen molar-refractivity contribution < 1.29 is 9.28 Å². The Hall–Kier alpha value is -2.44. The summed E-state index contributed by atoms with van der Waals surface area (Å²) >= 11 is 0. The lowest BCUT2D eigenvalue weighted by Crippen LogP contribution is -2.28. The zero-order valence-electron chi connectivity index (χ0n) is 12.3. The standard InChI is InChI=1S/C14H17FN4O2/c1-14(2,3)11-7-10(20)9(8-18(11)4)12(21)17-13-16-5-6-19(13)15/h5-8H,1-4H3,(H,16,17,21). The van der Waals surface area contributed by atoms with Crippen LogP contribution < -0.4 is 10.7 Å². The van der Waals surface area contributed by atoms with Gasteiger partial charge in [0.15, 0.2) is 5.43 Å². The molecule has 0 spiro atoms. The number of halogens is 1. The second-order valence-electron chi connectivity index (χ2n) is 5.81. The molecule has 0 aliphatic heterocycles. The molecular formula is C14H17FN4O2. The minimum absolute atomic E-state index is 0.0616. The summed E-state index contributed by atoms with van der Waals surface area (Å²) in [6, 6.07) is 1.43. The largest absolute Gasteiger partial charge is 0.353 e. The number of nitrogens with one attached hydrogen (secondary N) is 1. The highest BCUT2D eigenvalue weighted by Gasteiger charge is 2.20. The zero-order chi connectivity index (χ0) is 15.8. The third-order valence-corrected chi connectivity index (χ3v) is 3.07. The topological polar surface area (TPSA) is 68.9 Å².